The molecular weight excluding hydrogens is 454 g/mol. The Kier molecular flexibility index (Phi) is 9.47. The second kappa shape index (κ2) is 11.6. The fraction of sp³-hybridized carbons (Fsp3) is 0.435. The van der Waals surface area contributed by atoms with E-state index in [1.54, 1.807) is 19.9 Å². The minimum atomic E-state index is -4.04. The molecule has 3 atom stereocenters. The number of likely N-dealkylation sites (N-methyl/N-ethyl adjacent to an activating group) is 1. The number of carbonyl (C=O) groups is 1. The summed E-state index contributed by atoms with van der Waals surface area (Å²) in [4.78, 5) is 13.9. The van der Waals surface area contributed by atoms with Gasteiger partial charge in [0.2, 0.25) is 10.0 Å². The Hall–Kier alpha value is -2.40. The number of carbonyl (C=O) groups excluding carboxylic acids is 1. The Morgan fingerprint density at radius 2 is 1.67 bits per heavy atom. The summed E-state index contributed by atoms with van der Waals surface area (Å²) < 4.78 is 60.3. The number of hydrogen-bond acceptors (Lipinski definition) is 5. The Labute approximate surface area is 193 Å². The number of amides is 1. The van der Waals surface area contributed by atoms with E-state index in [2.05, 4.69) is 0 Å². The molecule has 0 heterocycles. The number of aliphatic hydroxyl groups is 1. The van der Waals surface area contributed by atoms with E-state index in [9.17, 15) is 27.1 Å². The minimum Gasteiger partial charge on any atom is -0.395 e. The highest BCUT2D eigenvalue weighted by Gasteiger charge is 2.33. The van der Waals surface area contributed by atoms with E-state index < -0.39 is 52.2 Å². The number of halogens is 2. The smallest absolute Gasteiger partial charge is 0.256 e. The number of benzene rings is 2. The van der Waals surface area contributed by atoms with Gasteiger partial charge in [0.15, 0.2) is 0 Å². The highest BCUT2D eigenvalue weighted by Crippen LogP contribution is 2.22. The predicted molar refractivity (Wildman–Crippen MR) is 120 cm³/mol. The van der Waals surface area contributed by atoms with Gasteiger partial charge in [-0.1, -0.05) is 19.1 Å². The van der Waals surface area contributed by atoms with Crippen LogP contribution in [0.2, 0.25) is 0 Å². The lowest BCUT2D eigenvalue weighted by Crippen LogP contribution is -2.47. The number of rotatable bonds is 11. The third kappa shape index (κ3) is 6.57. The Morgan fingerprint density at radius 1 is 1.06 bits per heavy atom. The van der Waals surface area contributed by atoms with Crippen molar-refractivity contribution in [3.63, 3.8) is 0 Å². The fourth-order valence-electron chi connectivity index (χ4n) is 3.43. The quantitative estimate of drug-likeness (QED) is 0.530. The maximum absolute atomic E-state index is 14.0. The number of nitrogens with zero attached hydrogens (tertiary/aromatic N) is 2. The van der Waals surface area contributed by atoms with E-state index in [0.29, 0.717) is 0 Å². The molecule has 0 unspecified atom stereocenters. The lowest BCUT2D eigenvalue weighted by molar-refractivity contribution is 0.0220. The molecule has 0 saturated carbocycles. The molecule has 0 spiro atoms. The summed E-state index contributed by atoms with van der Waals surface area (Å²) >= 11 is 0. The number of aliphatic hydroxyl groups excluding tert-OH is 1. The maximum atomic E-state index is 14.0. The second-order valence-electron chi connectivity index (χ2n) is 7.98. The first kappa shape index (κ1) is 26.8. The summed E-state index contributed by atoms with van der Waals surface area (Å²) in [6.07, 6.45) is -0.581. The van der Waals surface area contributed by atoms with Crippen molar-refractivity contribution in [2.24, 2.45) is 5.92 Å². The number of hydrogen-bond donors (Lipinski definition) is 1. The molecule has 2 aromatic carbocycles. The van der Waals surface area contributed by atoms with Crippen molar-refractivity contribution in [2.75, 3.05) is 33.9 Å². The third-order valence-corrected chi connectivity index (χ3v) is 7.48. The van der Waals surface area contributed by atoms with Gasteiger partial charge in [0.1, 0.15) is 11.6 Å². The van der Waals surface area contributed by atoms with Crippen LogP contribution in [-0.2, 0) is 14.8 Å². The topological polar surface area (TPSA) is 87.2 Å². The average molecular weight is 485 g/mol. The molecule has 2 aromatic rings. The largest absolute Gasteiger partial charge is 0.395 e. The monoisotopic (exact) mass is 484 g/mol. The zero-order chi connectivity index (χ0) is 24.8. The van der Waals surface area contributed by atoms with Crippen molar-refractivity contribution in [1.29, 1.82) is 0 Å². The zero-order valence-electron chi connectivity index (χ0n) is 19.1. The second-order valence-corrected chi connectivity index (χ2v) is 9.87. The van der Waals surface area contributed by atoms with Crippen molar-refractivity contribution < 1.29 is 31.8 Å². The molecule has 2 rings (SSSR count). The molecule has 0 radical (unpaired) electrons. The summed E-state index contributed by atoms with van der Waals surface area (Å²) in [5.41, 5.74) is -0.0723. The predicted octanol–water partition coefficient (Wildman–Crippen LogP) is 2.76. The number of ether oxygens (including phenoxy) is 1. The first-order valence-corrected chi connectivity index (χ1v) is 11.9. The van der Waals surface area contributed by atoms with Crippen LogP contribution in [-0.4, -0.2) is 74.6 Å². The van der Waals surface area contributed by atoms with Crippen LogP contribution in [0.5, 0.6) is 0 Å². The summed E-state index contributed by atoms with van der Waals surface area (Å²) in [7, 11) is -1.09. The Morgan fingerprint density at radius 3 is 2.21 bits per heavy atom. The SMILES string of the molecule is CO[C@H](CN(C)C(=O)c1ccccc1F)[C@H](C)CN([C@H](C)CO)S(=O)(=O)c1ccc(F)cc1. The molecule has 7 nitrogen and oxygen atoms in total. The van der Waals surface area contributed by atoms with E-state index in [4.69, 9.17) is 4.74 Å². The molecular formula is C23H30F2N2O5S. The molecule has 33 heavy (non-hydrogen) atoms. The minimum absolute atomic E-state index is 0.0261. The van der Waals surface area contributed by atoms with Crippen LogP contribution < -0.4 is 0 Å². The van der Waals surface area contributed by atoms with Gasteiger partial charge in [0, 0.05) is 33.3 Å². The average Bonchev–Trinajstić information content (AvgIpc) is 2.80. The van der Waals surface area contributed by atoms with E-state index >= 15 is 0 Å². The first-order chi connectivity index (χ1) is 15.5. The van der Waals surface area contributed by atoms with Crippen molar-refractivity contribution in [3.8, 4) is 0 Å². The normalized spacial score (nSPS) is 14.7. The van der Waals surface area contributed by atoms with E-state index in [1.807, 2.05) is 0 Å². The van der Waals surface area contributed by atoms with Gasteiger partial charge in [-0.15, -0.1) is 0 Å². The Balaban J connectivity index is 2.21. The summed E-state index contributed by atoms with van der Waals surface area (Å²) in [6, 6.07) is 9.34. The fourth-order valence-corrected chi connectivity index (χ4v) is 5.15. The molecule has 0 aliphatic rings. The van der Waals surface area contributed by atoms with E-state index in [0.717, 1.165) is 16.4 Å². The van der Waals surface area contributed by atoms with Crippen molar-refractivity contribution in [1.82, 2.24) is 9.21 Å². The lowest BCUT2D eigenvalue weighted by atomic mass is 10.0. The van der Waals surface area contributed by atoms with Crippen LogP contribution in [0.15, 0.2) is 53.4 Å². The number of sulfonamides is 1. The summed E-state index contributed by atoms with van der Waals surface area (Å²) in [5, 5.41) is 9.65. The van der Waals surface area contributed by atoms with Crippen molar-refractivity contribution in [2.45, 2.75) is 30.9 Å². The molecule has 1 amide bonds. The highest BCUT2D eigenvalue weighted by atomic mass is 32.2. The van der Waals surface area contributed by atoms with Gasteiger partial charge in [-0.2, -0.15) is 4.31 Å². The molecule has 0 bridgehead atoms. The third-order valence-electron chi connectivity index (χ3n) is 5.49. The Bertz CT molecular complexity index is 1030. The van der Waals surface area contributed by atoms with E-state index in [1.165, 1.54) is 49.4 Å². The van der Waals surface area contributed by atoms with Gasteiger partial charge in [-0.25, -0.2) is 17.2 Å². The summed E-state index contributed by atoms with van der Waals surface area (Å²) in [5.74, 6) is -2.13. The standard InChI is InChI=1S/C23H30F2N2O5S/c1-16(22(32-4)14-26(3)23(29)20-7-5-6-8-21(20)25)13-27(17(2)15-28)33(30,31)19-11-9-18(24)10-12-19/h5-12,16-17,22,28H,13-15H2,1-4H3/t16-,17-,22-/m1/s1. The first-order valence-electron chi connectivity index (χ1n) is 10.4. The van der Waals surface area contributed by atoms with Crippen molar-refractivity contribution >= 4 is 15.9 Å². The van der Waals surface area contributed by atoms with Gasteiger partial charge in [0.25, 0.3) is 5.91 Å². The van der Waals surface area contributed by atoms with E-state index in [-0.39, 0.29) is 23.5 Å². The molecule has 0 aliphatic heterocycles. The zero-order valence-corrected chi connectivity index (χ0v) is 19.9. The van der Waals surface area contributed by atoms with Gasteiger partial charge >= 0.3 is 0 Å². The van der Waals surface area contributed by atoms with Gasteiger partial charge in [-0.05, 0) is 49.2 Å². The highest BCUT2D eigenvalue weighted by molar-refractivity contribution is 7.89. The van der Waals surface area contributed by atoms with Crippen LogP contribution in [0.25, 0.3) is 0 Å². The van der Waals surface area contributed by atoms with Crippen LogP contribution in [0.3, 0.4) is 0 Å². The molecule has 1 N–H and O–H groups in total. The number of methoxy groups -OCH3 is 1. The van der Waals surface area contributed by atoms with Gasteiger partial charge < -0.3 is 14.7 Å². The molecule has 0 aromatic heterocycles. The van der Waals surface area contributed by atoms with Gasteiger partial charge in [0.05, 0.1) is 23.2 Å². The van der Waals surface area contributed by atoms with Crippen LogP contribution in [0.1, 0.15) is 24.2 Å². The van der Waals surface area contributed by atoms with Gasteiger partial charge in [-0.3, -0.25) is 4.79 Å². The molecule has 0 saturated heterocycles. The molecule has 10 heteroatoms. The molecule has 0 fully saturated rings. The summed E-state index contributed by atoms with van der Waals surface area (Å²) in [6.45, 7) is 2.96. The molecule has 182 valence electrons. The maximum Gasteiger partial charge on any atom is 0.256 e. The van der Waals surface area contributed by atoms with Crippen LogP contribution in [0.4, 0.5) is 8.78 Å². The lowest BCUT2D eigenvalue weighted by Gasteiger charge is -2.33. The molecule has 0 aliphatic carbocycles. The van der Waals surface area contributed by atoms with Crippen LogP contribution in [0, 0.1) is 17.6 Å². The van der Waals surface area contributed by atoms with Crippen molar-refractivity contribution in [3.05, 3.63) is 65.7 Å². The van der Waals surface area contributed by atoms with Crippen LogP contribution >= 0.6 is 0 Å².